The minimum absolute atomic E-state index is 0.123. The molecule has 1 heterocycles. The molecule has 5 nitrogen and oxygen atoms in total. The van der Waals surface area contributed by atoms with E-state index in [0.717, 1.165) is 0 Å². The molecule has 0 aromatic carbocycles. The lowest BCUT2D eigenvalue weighted by Crippen LogP contribution is -2.20. The maximum atomic E-state index is 6.79. The second kappa shape index (κ2) is 1.61. The van der Waals surface area contributed by atoms with Crippen LogP contribution < -0.4 is 5.73 Å². The average Bonchev–Trinajstić information content (AvgIpc) is 2.12. The lowest BCUT2D eigenvalue weighted by atomic mass is 10.9. The predicted molar refractivity (Wildman–Crippen MR) is 27.3 cm³/mol. The fourth-order valence-corrected chi connectivity index (χ4v) is 0.337. The molecule has 1 aromatic heterocycles. The first-order valence-electron chi connectivity index (χ1n) is 2.01. The summed E-state index contributed by atoms with van der Waals surface area (Å²) in [4.78, 5) is 0. The number of nitrogens with two attached hydrogens (primary N) is 1. The molecule has 0 amide bonds. The van der Waals surface area contributed by atoms with Crippen molar-refractivity contribution in [2.75, 3.05) is 0 Å². The van der Waals surface area contributed by atoms with E-state index in [2.05, 4.69) is 10.3 Å². The van der Waals surface area contributed by atoms with Crippen molar-refractivity contribution < 1.29 is 0 Å². The Morgan fingerprint density at radius 1 is 1.75 bits per heavy atom. The van der Waals surface area contributed by atoms with Gasteiger partial charge in [0, 0.05) is 0 Å². The standard InChI is InChI=1S/C3H5N5/c4-3(5)8-2-1-6-7-8/h1-2H,(H3,4,5). The summed E-state index contributed by atoms with van der Waals surface area (Å²) in [5.41, 5.74) is 5.00. The molecular weight excluding hydrogens is 106 g/mol. The van der Waals surface area contributed by atoms with Crippen LogP contribution in [0.1, 0.15) is 0 Å². The summed E-state index contributed by atoms with van der Waals surface area (Å²) < 4.78 is 1.17. The van der Waals surface area contributed by atoms with Crippen molar-refractivity contribution >= 4 is 5.96 Å². The minimum atomic E-state index is -0.123. The topological polar surface area (TPSA) is 80.6 Å². The third-order valence-electron chi connectivity index (χ3n) is 0.669. The molecule has 3 N–H and O–H groups in total. The number of rotatable bonds is 0. The summed E-state index contributed by atoms with van der Waals surface area (Å²) >= 11 is 0. The Morgan fingerprint density at radius 2 is 2.50 bits per heavy atom. The Morgan fingerprint density at radius 3 is 2.75 bits per heavy atom. The van der Waals surface area contributed by atoms with Gasteiger partial charge in [0.1, 0.15) is 0 Å². The Kier molecular flexibility index (Phi) is 0.957. The lowest BCUT2D eigenvalue weighted by molar-refractivity contribution is 0.828. The largest absolute Gasteiger partial charge is 0.368 e. The molecular formula is C3H5N5. The van der Waals surface area contributed by atoms with Gasteiger partial charge in [0.05, 0.1) is 12.4 Å². The van der Waals surface area contributed by atoms with Crippen molar-refractivity contribution in [3.8, 4) is 0 Å². The van der Waals surface area contributed by atoms with Crippen LogP contribution in [0.25, 0.3) is 0 Å². The third-order valence-corrected chi connectivity index (χ3v) is 0.669. The second-order valence-corrected chi connectivity index (χ2v) is 1.23. The van der Waals surface area contributed by atoms with Crippen molar-refractivity contribution in [1.82, 2.24) is 15.0 Å². The van der Waals surface area contributed by atoms with Crippen molar-refractivity contribution in [2.45, 2.75) is 0 Å². The molecule has 0 saturated heterocycles. The zero-order valence-corrected chi connectivity index (χ0v) is 4.07. The van der Waals surface area contributed by atoms with Gasteiger partial charge in [0.15, 0.2) is 0 Å². The molecule has 0 aliphatic heterocycles. The second-order valence-electron chi connectivity index (χ2n) is 1.23. The van der Waals surface area contributed by atoms with Gasteiger partial charge in [-0.05, 0) is 0 Å². The Labute approximate surface area is 45.6 Å². The fourth-order valence-electron chi connectivity index (χ4n) is 0.337. The average molecular weight is 111 g/mol. The molecule has 0 aliphatic carbocycles. The van der Waals surface area contributed by atoms with Crippen molar-refractivity contribution in [2.24, 2.45) is 5.73 Å². The van der Waals surface area contributed by atoms with Crippen LogP contribution in [0.15, 0.2) is 12.4 Å². The number of nitrogen functional groups attached to an aromatic ring is 1. The van der Waals surface area contributed by atoms with Crippen LogP contribution in [0.2, 0.25) is 0 Å². The first-order valence-corrected chi connectivity index (χ1v) is 2.01. The highest BCUT2D eigenvalue weighted by atomic mass is 15.4. The summed E-state index contributed by atoms with van der Waals surface area (Å²) in [6, 6.07) is 0. The van der Waals surface area contributed by atoms with Gasteiger partial charge in [0.2, 0.25) is 5.96 Å². The van der Waals surface area contributed by atoms with Gasteiger partial charge in [-0.25, -0.2) is 0 Å². The van der Waals surface area contributed by atoms with E-state index in [-0.39, 0.29) is 5.96 Å². The van der Waals surface area contributed by atoms with Crippen LogP contribution in [-0.4, -0.2) is 21.0 Å². The molecule has 0 unspecified atom stereocenters. The van der Waals surface area contributed by atoms with E-state index in [9.17, 15) is 0 Å². The van der Waals surface area contributed by atoms with E-state index in [1.807, 2.05) is 0 Å². The molecule has 0 aliphatic rings. The number of nitrogens with one attached hydrogen (secondary N) is 1. The Balaban J connectivity index is 2.93. The van der Waals surface area contributed by atoms with E-state index in [0.29, 0.717) is 0 Å². The monoisotopic (exact) mass is 111 g/mol. The van der Waals surface area contributed by atoms with Crippen molar-refractivity contribution in [1.29, 1.82) is 5.41 Å². The minimum Gasteiger partial charge on any atom is -0.368 e. The highest BCUT2D eigenvalue weighted by Gasteiger charge is 1.88. The molecule has 1 rings (SSSR count). The molecule has 1 aromatic rings. The van der Waals surface area contributed by atoms with Crippen molar-refractivity contribution in [3.05, 3.63) is 12.4 Å². The first-order chi connectivity index (χ1) is 3.80. The van der Waals surface area contributed by atoms with Crippen LogP contribution in [0.5, 0.6) is 0 Å². The summed E-state index contributed by atoms with van der Waals surface area (Å²) in [6.45, 7) is 0. The van der Waals surface area contributed by atoms with Gasteiger partial charge >= 0.3 is 0 Å². The first kappa shape index (κ1) is 4.76. The molecule has 0 fully saturated rings. The molecule has 8 heavy (non-hydrogen) atoms. The van der Waals surface area contributed by atoms with Gasteiger partial charge in [-0.3, -0.25) is 5.41 Å². The van der Waals surface area contributed by atoms with E-state index in [1.165, 1.54) is 17.1 Å². The molecule has 0 saturated carbocycles. The van der Waals surface area contributed by atoms with Crippen molar-refractivity contribution in [3.63, 3.8) is 0 Å². The normalized spacial score (nSPS) is 9.00. The smallest absolute Gasteiger partial charge is 0.215 e. The van der Waals surface area contributed by atoms with E-state index in [1.54, 1.807) is 0 Å². The zero-order chi connectivity index (χ0) is 5.98. The van der Waals surface area contributed by atoms with Crippen LogP contribution in [0.4, 0.5) is 0 Å². The SMILES string of the molecule is N=C(N)n1ccnn1. The lowest BCUT2D eigenvalue weighted by Gasteiger charge is -1.89. The zero-order valence-electron chi connectivity index (χ0n) is 4.07. The number of hydrogen-bond donors (Lipinski definition) is 2. The van der Waals surface area contributed by atoms with Gasteiger partial charge < -0.3 is 5.73 Å². The Bertz CT molecular complexity index is 176. The van der Waals surface area contributed by atoms with E-state index in [4.69, 9.17) is 11.1 Å². The van der Waals surface area contributed by atoms with Gasteiger partial charge in [-0.15, -0.1) is 5.10 Å². The molecule has 0 spiro atoms. The fraction of sp³-hybridized carbons (Fsp3) is 0. The number of nitrogens with zero attached hydrogens (tertiary/aromatic N) is 3. The molecule has 0 radical (unpaired) electrons. The highest BCUT2D eigenvalue weighted by Crippen LogP contribution is 1.72. The quantitative estimate of drug-likeness (QED) is 0.333. The van der Waals surface area contributed by atoms with Gasteiger partial charge in [-0.2, -0.15) is 4.68 Å². The maximum absolute atomic E-state index is 6.79. The summed E-state index contributed by atoms with van der Waals surface area (Å²) in [5.74, 6) is -0.123. The van der Waals surface area contributed by atoms with Crippen LogP contribution in [0, 0.1) is 5.41 Å². The predicted octanol–water partition coefficient (Wildman–Crippen LogP) is -0.980. The highest BCUT2D eigenvalue weighted by molar-refractivity contribution is 5.75. The number of hydrogen-bond acceptors (Lipinski definition) is 3. The summed E-state index contributed by atoms with van der Waals surface area (Å²) in [7, 11) is 0. The summed E-state index contributed by atoms with van der Waals surface area (Å²) in [5, 5.41) is 13.7. The molecule has 5 heteroatoms. The molecule has 0 atom stereocenters. The number of aromatic nitrogens is 3. The molecule has 0 bridgehead atoms. The molecule has 42 valence electrons. The van der Waals surface area contributed by atoms with Crippen LogP contribution in [0.3, 0.4) is 0 Å². The van der Waals surface area contributed by atoms with E-state index < -0.39 is 0 Å². The maximum Gasteiger partial charge on any atom is 0.215 e. The Hall–Kier alpha value is -1.39. The van der Waals surface area contributed by atoms with Crippen LogP contribution >= 0.6 is 0 Å². The van der Waals surface area contributed by atoms with Crippen LogP contribution in [-0.2, 0) is 0 Å². The van der Waals surface area contributed by atoms with E-state index >= 15 is 0 Å². The van der Waals surface area contributed by atoms with Gasteiger partial charge in [-0.1, -0.05) is 5.21 Å². The third kappa shape index (κ3) is 0.651. The summed E-state index contributed by atoms with van der Waals surface area (Å²) in [6.07, 6.45) is 2.96. The van der Waals surface area contributed by atoms with Gasteiger partial charge in [0.25, 0.3) is 0 Å².